The number of amidine groups is 1. The van der Waals surface area contributed by atoms with Crippen LogP contribution in [-0.2, 0) is 0 Å². The van der Waals surface area contributed by atoms with Gasteiger partial charge in [-0.15, -0.1) is 0 Å². The lowest BCUT2D eigenvalue weighted by molar-refractivity contribution is 1.44. The number of nitrogens with two attached hydrogens (primary N) is 2. The molecular formula is C17H16N4. The van der Waals surface area contributed by atoms with Gasteiger partial charge < -0.3 is 16.5 Å². The number of aromatic amines is 1. The van der Waals surface area contributed by atoms with Gasteiger partial charge in [0.25, 0.3) is 0 Å². The summed E-state index contributed by atoms with van der Waals surface area (Å²) < 4.78 is 0. The van der Waals surface area contributed by atoms with E-state index in [9.17, 15) is 0 Å². The molecule has 1 aromatic heterocycles. The Morgan fingerprint density at radius 3 is 2.48 bits per heavy atom. The molecule has 0 saturated carbocycles. The zero-order valence-corrected chi connectivity index (χ0v) is 11.5. The molecule has 104 valence electrons. The minimum atomic E-state index is 0.379. The predicted molar refractivity (Wildman–Crippen MR) is 88.2 cm³/mol. The highest BCUT2D eigenvalue weighted by Crippen LogP contribution is 2.22. The second-order valence-electron chi connectivity index (χ2n) is 4.72. The lowest BCUT2D eigenvalue weighted by Crippen LogP contribution is -2.10. The molecule has 2 aromatic carbocycles. The highest BCUT2D eigenvalue weighted by molar-refractivity contribution is 6.02. The van der Waals surface area contributed by atoms with Crippen molar-refractivity contribution in [3.05, 3.63) is 72.4 Å². The number of aliphatic imine (C=N–C) groups is 1. The van der Waals surface area contributed by atoms with Gasteiger partial charge in [-0.05, 0) is 18.2 Å². The quantitative estimate of drug-likeness (QED) is 0.507. The van der Waals surface area contributed by atoms with Gasteiger partial charge in [0, 0.05) is 34.4 Å². The van der Waals surface area contributed by atoms with Crippen LogP contribution in [0, 0.1) is 0 Å². The topological polar surface area (TPSA) is 80.2 Å². The molecule has 0 aliphatic carbocycles. The Bertz CT molecular complexity index is 813. The van der Waals surface area contributed by atoms with E-state index < -0.39 is 0 Å². The van der Waals surface area contributed by atoms with E-state index in [2.05, 4.69) is 9.98 Å². The number of aromatic nitrogens is 1. The number of H-pyrrole nitrogens is 1. The number of nitrogens with zero attached hydrogens (tertiary/aromatic N) is 1. The largest absolute Gasteiger partial charge is 0.398 e. The molecule has 0 aliphatic heterocycles. The second kappa shape index (κ2) is 5.54. The first kappa shape index (κ1) is 13.0. The van der Waals surface area contributed by atoms with Crippen LogP contribution >= 0.6 is 0 Å². The van der Waals surface area contributed by atoms with Crippen LogP contribution in [0.5, 0.6) is 0 Å². The standard InChI is InChI=1S/C17H16N4/c18-15(10-17(19)21-12-6-2-1-3-7-12)14-11-20-16-9-5-4-8-13(14)16/h1-11,20H,18H2,(H2,19,21)/b15-10-. The molecule has 0 amide bonds. The van der Waals surface area contributed by atoms with E-state index in [4.69, 9.17) is 11.5 Å². The van der Waals surface area contributed by atoms with E-state index >= 15 is 0 Å². The molecule has 0 saturated heterocycles. The van der Waals surface area contributed by atoms with Gasteiger partial charge in [0.05, 0.1) is 5.69 Å². The van der Waals surface area contributed by atoms with E-state index in [0.29, 0.717) is 11.5 Å². The first-order valence-corrected chi connectivity index (χ1v) is 6.67. The molecule has 0 unspecified atom stereocenters. The summed E-state index contributed by atoms with van der Waals surface area (Å²) in [5.74, 6) is 0.379. The predicted octanol–water partition coefficient (Wildman–Crippen LogP) is 3.16. The molecular weight excluding hydrogens is 260 g/mol. The van der Waals surface area contributed by atoms with Crippen LogP contribution in [0.15, 0.2) is 71.9 Å². The summed E-state index contributed by atoms with van der Waals surface area (Å²) in [5, 5.41) is 1.07. The average molecular weight is 276 g/mol. The van der Waals surface area contributed by atoms with Crippen molar-refractivity contribution in [3.63, 3.8) is 0 Å². The molecule has 1 heterocycles. The minimum Gasteiger partial charge on any atom is -0.398 e. The third-order valence-corrected chi connectivity index (χ3v) is 3.22. The summed E-state index contributed by atoms with van der Waals surface area (Å²) in [4.78, 5) is 7.51. The van der Waals surface area contributed by atoms with Crippen LogP contribution < -0.4 is 11.5 Å². The van der Waals surface area contributed by atoms with E-state index in [1.165, 1.54) is 0 Å². The van der Waals surface area contributed by atoms with Crippen molar-refractivity contribution < 1.29 is 0 Å². The Balaban J connectivity index is 1.94. The van der Waals surface area contributed by atoms with Crippen molar-refractivity contribution in [2.75, 3.05) is 0 Å². The first-order valence-electron chi connectivity index (χ1n) is 6.67. The van der Waals surface area contributed by atoms with E-state index in [1.807, 2.05) is 60.8 Å². The summed E-state index contributed by atoms with van der Waals surface area (Å²) in [7, 11) is 0. The summed E-state index contributed by atoms with van der Waals surface area (Å²) in [6, 6.07) is 17.5. The fourth-order valence-electron chi connectivity index (χ4n) is 2.23. The number of hydrogen-bond donors (Lipinski definition) is 3. The monoisotopic (exact) mass is 276 g/mol. The maximum atomic E-state index is 6.14. The molecule has 4 heteroatoms. The minimum absolute atomic E-state index is 0.379. The summed E-state index contributed by atoms with van der Waals surface area (Å²) in [6.45, 7) is 0. The van der Waals surface area contributed by atoms with Crippen molar-refractivity contribution in [3.8, 4) is 0 Å². The SMILES string of the molecule is NC(/C=C(\N)c1c[nH]c2ccccc12)=Nc1ccccc1. The lowest BCUT2D eigenvalue weighted by Gasteiger charge is -2.00. The normalized spacial score (nSPS) is 12.8. The van der Waals surface area contributed by atoms with Crippen LogP contribution in [0.1, 0.15) is 5.56 Å². The number of para-hydroxylation sites is 2. The molecule has 0 aliphatic rings. The first-order chi connectivity index (χ1) is 10.2. The van der Waals surface area contributed by atoms with Gasteiger partial charge in [-0.3, -0.25) is 0 Å². The van der Waals surface area contributed by atoms with E-state index in [0.717, 1.165) is 22.2 Å². The smallest absolute Gasteiger partial charge is 0.126 e. The van der Waals surface area contributed by atoms with Gasteiger partial charge in [-0.1, -0.05) is 36.4 Å². The number of benzene rings is 2. The van der Waals surface area contributed by atoms with Gasteiger partial charge in [-0.2, -0.15) is 0 Å². The zero-order chi connectivity index (χ0) is 14.7. The van der Waals surface area contributed by atoms with Crippen molar-refractivity contribution >= 4 is 28.1 Å². The third-order valence-electron chi connectivity index (χ3n) is 3.22. The third kappa shape index (κ3) is 2.79. The van der Waals surface area contributed by atoms with Crippen LogP contribution in [-0.4, -0.2) is 10.8 Å². The Morgan fingerprint density at radius 1 is 0.952 bits per heavy atom. The number of nitrogens with one attached hydrogen (secondary N) is 1. The van der Waals surface area contributed by atoms with Crippen molar-refractivity contribution in [1.29, 1.82) is 0 Å². The van der Waals surface area contributed by atoms with Gasteiger partial charge in [0.2, 0.25) is 0 Å². The molecule has 4 nitrogen and oxygen atoms in total. The van der Waals surface area contributed by atoms with Crippen molar-refractivity contribution in [2.45, 2.75) is 0 Å². The van der Waals surface area contributed by atoms with E-state index in [-0.39, 0.29) is 0 Å². The highest BCUT2D eigenvalue weighted by atomic mass is 14.9. The number of fused-ring (bicyclic) bond motifs is 1. The van der Waals surface area contributed by atoms with Gasteiger partial charge in [0.15, 0.2) is 0 Å². The molecule has 21 heavy (non-hydrogen) atoms. The maximum absolute atomic E-state index is 6.14. The number of hydrogen-bond acceptors (Lipinski definition) is 2. The highest BCUT2D eigenvalue weighted by Gasteiger charge is 2.05. The Morgan fingerprint density at radius 2 is 1.67 bits per heavy atom. The molecule has 0 atom stereocenters. The molecule has 5 N–H and O–H groups in total. The Kier molecular flexibility index (Phi) is 3.43. The van der Waals surface area contributed by atoms with E-state index in [1.54, 1.807) is 6.08 Å². The summed E-state index contributed by atoms with van der Waals surface area (Å²) >= 11 is 0. The fourth-order valence-corrected chi connectivity index (χ4v) is 2.23. The van der Waals surface area contributed by atoms with Gasteiger partial charge >= 0.3 is 0 Å². The molecule has 0 bridgehead atoms. The van der Waals surface area contributed by atoms with Crippen LogP contribution in [0.3, 0.4) is 0 Å². The average Bonchev–Trinajstić information content (AvgIpc) is 2.92. The van der Waals surface area contributed by atoms with Crippen LogP contribution in [0.2, 0.25) is 0 Å². The summed E-state index contributed by atoms with van der Waals surface area (Å²) in [5.41, 5.74) is 15.4. The van der Waals surface area contributed by atoms with Crippen LogP contribution in [0.4, 0.5) is 5.69 Å². The number of rotatable bonds is 3. The zero-order valence-electron chi connectivity index (χ0n) is 11.5. The fraction of sp³-hybridized carbons (Fsp3) is 0. The van der Waals surface area contributed by atoms with Gasteiger partial charge in [0.1, 0.15) is 5.84 Å². The molecule has 3 rings (SSSR count). The molecule has 3 aromatic rings. The Hall–Kier alpha value is -3.01. The van der Waals surface area contributed by atoms with Crippen molar-refractivity contribution in [1.82, 2.24) is 4.98 Å². The van der Waals surface area contributed by atoms with Gasteiger partial charge in [-0.25, -0.2) is 4.99 Å². The maximum Gasteiger partial charge on any atom is 0.126 e. The van der Waals surface area contributed by atoms with Crippen LogP contribution in [0.25, 0.3) is 16.6 Å². The second-order valence-corrected chi connectivity index (χ2v) is 4.72. The summed E-state index contributed by atoms with van der Waals surface area (Å²) in [6.07, 6.45) is 3.56. The Labute approximate surface area is 122 Å². The lowest BCUT2D eigenvalue weighted by atomic mass is 10.1. The molecule has 0 spiro atoms. The molecule has 0 radical (unpaired) electrons. The molecule has 0 fully saturated rings. The van der Waals surface area contributed by atoms with Crippen molar-refractivity contribution in [2.24, 2.45) is 16.5 Å².